The van der Waals surface area contributed by atoms with Gasteiger partial charge in [0.05, 0.1) is 6.61 Å². The second kappa shape index (κ2) is 5.45. The van der Waals surface area contributed by atoms with Crippen molar-refractivity contribution >= 4 is 16.9 Å². The predicted octanol–water partition coefficient (Wildman–Crippen LogP) is 1.76. The lowest BCUT2D eigenvalue weighted by atomic mass is 10.3. The zero-order valence-corrected chi connectivity index (χ0v) is 9.60. The van der Waals surface area contributed by atoms with Gasteiger partial charge in [-0.05, 0) is 12.1 Å². The molecule has 0 fully saturated rings. The highest BCUT2D eigenvalue weighted by Crippen LogP contribution is 2.12. The van der Waals surface area contributed by atoms with Gasteiger partial charge in [-0.15, -0.1) is 0 Å². The Kier molecular flexibility index (Phi) is 3.72. The molecule has 0 bridgehead atoms. The summed E-state index contributed by atoms with van der Waals surface area (Å²) in [6, 6.07) is 3.59. The SMILES string of the molecule is COCCCOC(=O)c1cc2[nH]ccc2cn1. The summed E-state index contributed by atoms with van der Waals surface area (Å²) in [4.78, 5) is 18.7. The fraction of sp³-hybridized carbons (Fsp3) is 0.333. The van der Waals surface area contributed by atoms with Crippen LogP contribution in [0.15, 0.2) is 24.5 Å². The molecule has 0 saturated carbocycles. The summed E-state index contributed by atoms with van der Waals surface area (Å²) in [5.74, 6) is -0.405. The number of aromatic nitrogens is 2. The molecule has 5 nitrogen and oxygen atoms in total. The van der Waals surface area contributed by atoms with Gasteiger partial charge >= 0.3 is 5.97 Å². The highest BCUT2D eigenvalue weighted by atomic mass is 16.5. The normalized spacial score (nSPS) is 10.6. The Morgan fingerprint density at radius 3 is 3.18 bits per heavy atom. The smallest absolute Gasteiger partial charge is 0.356 e. The van der Waals surface area contributed by atoms with Gasteiger partial charge in [-0.1, -0.05) is 0 Å². The summed E-state index contributed by atoms with van der Waals surface area (Å²) >= 11 is 0. The number of carbonyl (C=O) groups excluding carboxylic acids is 1. The first kappa shape index (κ1) is 11.6. The molecule has 90 valence electrons. The largest absolute Gasteiger partial charge is 0.461 e. The van der Waals surface area contributed by atoms with E-state index in [4.69, 9.17) is 9.47 Å². The zero-order chi connectivity index (χ0) is 12.1. The number of rotatable bonds is 5. The molecule has 0 aliphatic carbocycles. The number of carbonyl (C=O) groups is 1. The molecule has 1 N–H and O–H groups in total. The van der Waals surface area contributed by atoms with E-state index in [0.29, 0.717) is 25.3 Å². The number of ether oxygens (including phenoxy) is 2. The van der Waals surface area contributed by atoms with Crippen molar-refractivity contribution in [2.45, 2.75) is 6.42 Å². The Balaban J connectivity index is 1.98. The van der Waals surface area contributed by atoms with E-state index in [2.05, 4.69) is 9.97 Å². The monoisotopic (exact) mass is 234 g/mol. The van der Waals surface area contributed by atoms with Crippen LogP contribution in [0.2, 0.25) is 0 Å². The fourth-order valence-electron chi connectivity index (χ4n) is 1.50. The molecule has 2 aromatic rings. The van der Waals surface area contributed by atoms with Crippen molar-refractivity contribution in [3.8, 4) is 0 Å². The number of fused-ring (bicyclic) bond motifs is 1. The lowest BCUT2D eigenvalue weighted by Crippen LogP contribution is -2.09. The minimum Gasteiger partial charge on any atom is -0.461 e. The maximum atomic E-state index is 11.6. The number of methoxy groups -OCH3 is 1. The van der Waals surface area contributed by atoms with Crippen molar-refractivity contribution in [2.24, 2.45) is 0 Å². The number of aromatic amines is 1. The fourth-order valence-corrected chi connectivity index (χ4v) is 1.50. The Labute approximate surface area is 98.8 Å². The molecule has 0 atom stereocenters. The van der Waals surface area contributed by atoms with Crippen LogP contribution < -0.4 is 0 Å². The van der Waals surface area contributed by atoms with Crippen LogP contribution in [0.4, 0.5) is 0 Å². The summed E-state index contributed by atoms with van der Waals surface area (Å²) in [6.07, 6.45) is 4.14. The zero-order valence-electron chi connectivity index (χ0n) is 9.60. The first-order valence-corrected chi connectivity index (χ1v) is 5.40. The molecule has 2 rings (SSSR count). The Hall–Kier alpha value is -1.88. The van der Waals surface area contributed by atoms with Gasteiger partial charge in [-0.2, -0.15) is 0 Å². The summed E-state index contributed by atoms with van der Waals surface area (Å²) in [7, 11) is 1.61. The molecule has 0 amide bonds. The van der Waals surface area contributed by atoms with E-state index in [1.807, 2.05) is 6.07 Å². The van der Waals surface area contributed by atoms with Gasteiger partial charge in [0, 0.05) is 43.4 Å². The number of nitrogens with one attached hydrogen (secondary N) is 1. The molecule has 2 aromatic heterocycles. The Bertz CT molecular complexity index is 507. The summed E-state index contributed by atoms with van der Waals surface area (Å²) in [5, 5.41) is 0.973. The van der Waals surface area contributed by atoms with Crippen molar-refractivity contribution in [3.63, 3.8) is 0 Å². The van der Waals surface area contributed by atoms with E-state index < -0.39 is 5.97 Å². The van der Waals surface area contributed by atoms with E-state index >= 15 is 0 Å². The van der Waals surface area contributed by atoms with E-state index in [1.54, 1.807) is 25.6 Å². The molecule has 0 unspecified atom stereocenters. The van der Waals surface area contributed by atoms with Gasteiger partial charge in [-0.25, -0.2) is 9.78 Å². The number of esters is 1. The third-order valence-electron chi connectivity index (χ3n) is 2.37. The van der Waals surface area contributed by atoms with Crippen molar-refractivity contribution in [3.05, 3.63) is 30.2 Å². The van der Waals surface area contributed by atoms with Gasteiger partial charge in [0.25, 0.3) is 0 Å². The minimum atomic E-state index is -0.405. The molecule has 2 heterocycles. The molecular formula is C12H14N2O3. The van der Waals surface area contributed by atoms with Gasteiger partial charge in [0.15, 0.2) is 0 Å². The van der Waals surface area contributed by atoms with Crippen LogP contribution in [-0.2, 0) is 9.47 Å². The summed E-state index contributed by atoms with van der Waals surface area (Å²) < 4.78 is 9.92. The maximum Gasteiger partial charge on any atom is 0.356 e. The topological polar surface area (TPSA) is 64.2 Å². The second-order valence-electron chi connectivity index (χ2n) is 3.62. The minimum absolute atomic E-state index is 0.317. The standard InChI is InChI=1S/C12H14N2O3/c1-16-5-2-6-17-12(15)11-7-10-9(8-14-11)3-4-13-10/h3-4,7-8,13H,2,5-6H2,1H3. The summed E-state index contributed by atoms with van der Waals surface area (Å²) in [6.45, 7) is 0.924. The molecule has 0 aliphatic rings. The highest BCUT2D eigenvalue weighted by Gasteiger charge is 2.09. The van der Waals surface area contributed by atoms with Crippen molar-refractivity contribution in [1.82, 2.24) is 9.97 Å². The van der Waals surface area contributed by atoms with Crippen LogP contribution in [0.1, 0.15) is 16.9 Å². The molecule has 0 aromatic carbocycles. The molecule has 0 spiro atoms. The maximum absolute atomic E-state index is 11.6. The van der Waals surface area contributed by atoms with E-state index in [0.717, 1.165) is 10.9 Å². The van der Waals surface area contributed by atoms with Gasteiger partial charge < -0.3 is 14.5 Å². The number of hydrogen-bond acceptors (Lipinski definition) is 4. The molecule has 0 aliphatic heterocycles. The van der Waals surface area contributed by atoms with Gasteiger partial charge in [-0.3, -0.25) is 0 Å². The molecule has 0 radical (unpaired) electrons. The lowest BCUT2D eigenvalue weighted by molar-refractivity contribution is 0.0462. The van der Waals surface area contributed by atoms with Crippen LogP contribution in [0.5, 0.6) is 0 Å². The number of H-pyrrole nitrogens is 1. The van der Waals surface area contributed by atoms with E-state index in [1.165, 1.54) is 0 Å². The predicted molar refractivity (Wildman–Crippen MR) is 62.9 cm³/mol. The van der Waals surface area contributed by atoms with Crippen molar-refractivity contribution in [1.29, 1.82) is 0 Å². The van der Waals surface area contributed by atoms with E-state index in [9.17, 15) is 4.79 Å². The van der Waals surface area contributed by atoms with Crippen LogP contribution in [0, 0.1) is 0 Å². The van der Waals surface area contributed by atoms with Gasteiger partial charge in [0.2, 0.25) is 0 Å². The first-order chi connectivity index (χ1) is 8.31. The Morgan fingerprint density at radius 1 is 1.47 bits per heavy atom. The quantitative estimate of drug-likeness (QED) is 0.632. The Morgan fingerprint density at radius 2 is 2.35 bits per heavy atom. The first-order valence-electron chi connectivity index (χ1n) is 5.40. The average Bonchev–Trinajstić information content (AvgIpc) is 2.81. The molecule has 5 heteroatoms. The van der Waals surface area contributed by atoms with Crippen LogP contribution in [0.25, 0.3) is 10.9 Å². The second-order valence-corrected chi connectivity index (χ2v) is 3.62. The number of nitrogens with zero attached hydrogens (tertiary/aromatic N) is 1. The molecule has 0 saturated heterocycles. The third kappa shape index (κ3) is 2.82. The number of pyridine rings is 1. The van der Waals surface area contributed by atoms with Crippen LogP contribution in [-0.4, -0.2) is 36.3 Å². The van der Waals surface area contributed by atoms with E-state index in [-0.39, 0.29) is 0 Å². The van der Waals surface area contributed by atoms with Gasteiger partial charge in [0.1, 0.15) is 5.69 Å². The van der Waals surface area contributed by atoms with Crippen LogP contribution >= 0.6 is 0 Å². The van der Waals surface area contributed by atoms with Crippen molar-refractivity contribution < 1.29 is 14.3 Å². The molecule has 17 heavy (non-hydrogen) atoms. The average molecular weight is 234 g/mol. The highest BCUT2D eigenvalue weighted by molar-refractivity contribution is 5.91. The summed E-state index contributed by atoms with van der Waals surface area (Å²) in [5.41, 5.74) is 1.20. The van der Waals surface area contributed by atoms with Crippen LogP contribution in [0.3, 0.4) is 0 Å². The van der Waals surface area contributed by atoms with Crippen molar-refractivity contribution in [2.75, 3.05) is 20.3 Å². The molecular weight excluding hydrogens is 220 g/mol. The lowest BCUT2D eigenvalue weighted by Gasteiger charge is -2.03. The number of hydrogen-bond donors (Lipinski definition) is 1. The third-order valence-corrected chi connectivity index (χ3v) is 2.37.